The number of methoxy groups -OCH3 is 1. The second-order valence-electron chi connectivity index (χ2n) is 7.05. The Hall–Kier alpha value is -3.33. The Labute approximate surface area is 163 Å². The maximum Gasteiger partial charge on any atom is 0.237 e. The van der Waals surface area contributed by atoms with E-state index >= 15 is 0 Å². The third kappa shape index (κ3) is 4.15. The maximum atomic E-state index is 5.61. The van der Waals surface area contributed by atoms with Gasteiger partial charge in [0.1, 0.15) is 17.3 Å². The molecule has 3 aromatic heterocycles. The van der Waals surface area contributed by atoms with Crippen molar-refractivity contribution in [2.75, 3.05) is 24.8 Å². The molecule has 3 heterocycles. The predicted octanol–water partition coefficient (Wildman–Crippen LogP) is 3.21. The molecule has 0 saturated heterocycles. The monoisotopic (exact) mass is 383 g/mol. The highest BCUT2D eigenvalue weighted by Gasteiger charge is 2.17. The molecular weight excluding hydrogens is 358 g/mol. The van der Waals surface area contributed by atoms with Crippen LogP contribution in [0.15, 0.2) is 37.2 Å². The van der Waals surface area contributed by atoms with Crippen molar-refractivity contribution in [2.24, 2.45) is 0 Å². The Kier molecular flexibility index (Phi) is 5.36. The van der Waals surface area contributed by atoms with E-state index in [4.69, 9.17) is 9.57 Å². The fourth-order valence-corrected chi connectivity index (χ4v) is 2.47. The largest absolute Gasteiger partial charge is 0.480 e. The number of pyridine rings is 1. The van der Waals surface area contributed by atoms with Crippen LogP contribution in [0.4, 0.5) is 17.3 Å². The molecule has 0 radical (unpaired) electrons. The van der Waals surface area contributed by atoms with Gasteiger partial charge in [-0.15, -0.1) is 0 Å². The molecule has 0 spiro atoms. The molecule has 0 atom stereocenters. The first-order valence-electron chi connectivity index (χ1n) is 8.78. The third-order valence-electron chi connectivity index (χ3n) is 3.76. The lowest BCUT2D eigenvalue weighted by Crippen LogP contribution is -2.27. The number of nitrogens with zero attached hydrogens (tertiary/aromatic N) is 4. The normalized spacial score (nSPS) is 11.3. The van der Waals surface area contributed by atoms with Crippen LogP contribution in [0, 0.1) is 0 Å². The quantitative estimate of drug-likeness (QED) is 0.535. The average Bonchev–Trinajstić information content (AvgIpc) is 3.09. The number of hydroxylamine groups is 1. The van der Waals surface area contributed by atoms with E-state index in [0.29, 0.717) is 28.7 Å². The summed E-state index contributed by atoms with van der Waals surface area (Å²) in [5.41, 5.74) is 5.14. The SMILES string of the molecule is C=C(NOC(C)(C)C)c1cnn2c(NC)cc(Nc3cccnc3OC)nc12. The summed E-state index contributed by atoms with van der Waals surface area (Å²) in [5, 5.41) is 10.8. The Bertz CT molecular complexity index is 992. The number of ether oxygens (including phenoxy) is 1. The number of fused-ring (bicyclic) bond motifs is 1. The molecule has 0 bridgehead atoms. The van der Waals surface area contributed by atoms with Crippen molar-refractivity contribution in [1.29, 1.82) is 0 Å². The van der Waals surface area contributed by atoms with E-state index in [1.807, 2.05) is 46.0 Å². The topological polar surface area (TPSA) is 97.6 Å². The lowest BCUT2D eigenvalue weighted by Gasteiger charge is -2.20. The molecule has 9 nitrogen and oxygen atoms in total. The van der Waals surface area contributed by atoms with E-state index in [9.17, 15) is 0 Å². The number of rotatable bonds is 7. The molecule has 3 aromatic rings. The molecule has 0 unspecified atom stereocenters. The number of aromatic nitrogens is 4. The molecule has 0 fully saturated rings. The van der Waals surface area contributed by atoms with Crippen LogP contribution in [0.2, 0.25) is 0 Å². The van der Waals surface area contributed by atoms with Crippen LogP contribution < -0.4 is 20.9 Å². The average molecular weight is 383 g/mol. The standard InChI is InChI=1S/C19H25N7O2/c1-12(25-28-19(2,3)4)13-11-22-26-16(20-5)10-15(24-17(13)26)23-14-8-7-9-21-18(14)27-6/h7-11,20,25H,1H2,2-6H3,(H,23,24). The van der Waals surface area contributed by atoms with E-state index in [0.717, 1.165) is 11.4 Å². The van der Waals surface area contributed by atoms with Crippen molar-refractivity contribution < 1.29 is 9.57 Å². The van der Waals surface area contributed by atoms with Gasteiger partial charge in [-0.25, -0.2) is 9.97 Å². The molecule has 0 aliphatic heterocycles. The van der Waals surface area contributed by atoms with Crippen LogP contribution in [0.1, 0.15) is 26.3 Å². The van der Waals surface area contributed by atoms with E-state index < -0.39 is 0 Å². The summed E-state index contributed by atoms with van der Waals surface area (Å²) in [6.45, 7) is 9.89. The van der Waals surface area contributed by atoms with Gasteiger partial charge in [0.05, 0.1) is 30.2 Å². The summed E-state index contributed by atoms with van der Waals surface area (Å²) in [6.07, 6.45) is 3.36. The second-order valence-corrected chi connectivity index (χ2v) is 7.05. The van der Waals surface area contributed by atoms with Crippen LogP contribution in [0.3, 0.4) is 0 Å². The zero-order chi connectivity index (χ0) is 20.3. The molecule has 0 aromatic carbocycles. The van der Waals surface area contributed by atoms with Gasteiger partial charge in [-0.3, -0.25) is 10.3 Å². The number of nitrogens with one attached hydrogen (secondary N) is 3. The fourth-order valence-electron chi connectivity index (χ4n) is 2.47. The van der Waals surface area contributed by atoms with E-state index in [1.165, 1.54) is 0 Å². The predicted molar refractivity (Wildman–Crippen MR) is 110 cm³/mol. The van der Waals surface area contributed by atoms with Crippen LogP contribution in [0.5, 0.6) is 5.88 Å². The zero-order valence-electron chi connectivity index (χ0n) is 16.7. The highest BCUT2D eigenvalue weighted by Crippen LogP contribution is 2.27. The second kappa shape index (κ2) is 7.73. The lowest BCUT2D eigenvalue weighted by molar-refractivity contribution is -0.0469. The highest BCUT2D eigenvalue weighted by atomic mass is 16.7. The van der Waals surface area contributed by atoms with Gasteiger partial charge in [0.25, 0.3) is 0 Å². The first-order valence-corrected chi connectivity index (χ1v) is 8.78. The molecule has 0 saturated carbocycles. The minimum absolute atomic E-state index is 0.362. The summed E-state index contributed by atoms with van der Waals surface area (Å²) in [6, 6.07) is 5.53. The van der Waals surface area contributed by atoms with Gasteiger partial charge < -0.3 is 15.4 Å². The summed E-state index contributed by atoms with van der Waals surface area (Å²) >= 11 is 0. The molecule has 3 N–H and O–H groups in total. The Morgan fingerprint density at radius 3 is 2.75 bits per heavy atom. The van der Waals surface area contributed by atoms with Gasteiger partial charge in [0.2, 0.25) is 5.88 Å². The van der Waals surface area contributed by atoms with Crippen molar-refractivity contribution in [3.63, 3.8) is 0 Å². The summed E-state index contributed by atoms with van der Waals surface area (Å²) in [7, 11) is 3.39. The summed E-state index contributed by atoms with van der Waals surface area (Å²) < 4.78 is 7.00. The molecule has 9 heteroatoms. The molecule has 28 heavy (non-hydrogen) atoms. The molecular formula is C19H25N7O2. The van der Waals surface area contributed by atoms with Crippen molar-refractivity contribution in [3.8, 4) is 5.88 Å². The zero-order valence-corrected chi connectivity index (χ0v) is 16.7. The van der Waals surface area contributed by atoms with Gasteiger partial charge in [-0.2, -0.15) is 9.61 Å². The van der Waals surface area contributed by atoms with Gasteiger partial charge in [0.15, 0.2) is 5.65 Å². The summed E-state index contributed by atoms with van der Waals surface area (Å²) in [4.78, 5) is 14.5. The number of hydrogen-bond donors (Lipinski definition) is 3. The van der Waals surface area contributed by atoms with Crippen LogP contribution >= 0.6 is 0 Å². The first kappa shape index (κ1) is 19.4. The Morgan fingerprint density at radius 1 is 1.29 bits per heavy atom. The fraction of sp³-hybridized carbons (Fsp3) is 0.316. The first-order chi connectivity index (χ1) is 13.3. The third-order valence-corrected chi connectivity index (χ3v) is 3.76. The van der Waals surface area contributed by atoms with Gasteiger partial charge in [-0.05, 0) is 32.9 Å². The highest BCUT2D eigenvalue weighted by molar-refractivity contribution is 5.76. The van der Waals surface area contributed by atoms with Crippen LogP contribution in [-0.2, 0) is 4.84 Å². The smallest absolute Gasteiger partial charge is 0.237 e. The maximum absolute atomic E-state index is 5.61. The molecule has 148 valence electrons. The van der Waals surface area contributed by atoms with Gasteiger partial charge >= 0.3 is 0 Å². The number of anilines is 3. The molecule has 3 rings (SSSR count). The van der Waals surface area contributed by atoms with E-state index in [-0.39, 0.29) is 5.60 Å². The van der Waals surface area contributed by atoms with Crippen LogP contribution in [0.25, 0.3) is 11.3 Å². The van der Waals surface area contributed by atoms with Crippen LogP contribution in [-0.4, -0.2) is 39.3 Å². The van der Waals surface area contributed by atoms with Gasteiger partial charge in [0, 0.05) is 19.3 Å². The van der Waals surface area contributed by atoms with E-state index in [2.05, 4.69) is 37.8 Å². The van der Waals surface area contributed by atoms with Crippen molar-refractivity contribution in [1.82, 2.24) is 25.1 Å². The molecule has 0 aliphatic carbocycles. The van der Waals surface area contributed by atoms with Crippen molar-refractivity contribution in [3.05, 3.63) is 42.7 Å². The minimum atomic E-state index is -0.362. The van der Waals surface area contributed by atoms with Crippen molar-refractivity contribution >= 4 is 28.7 Å². The Balaban J connectivity index is 1.98. The van der Waals surface area contributed by atoms with Gasteiger partial charge in [-0.1, -0.05) is 6.58 Å². The summed E-state index contributed by atoms with van der Waals surface area (Å²) in [5.74, 6) is 1.84. The number of hydrogen-bond acceptors (Lipinski definition) is 8. The molecule has 0 aliphatic rings. The minimum Gasteiger partial charge on any atom is -0.480 e. The lowest BCUT2D eigenvalue weighted by atomic mass is 10.2. The molecule has 0 amide bonds. The Morgan fingerprint density at radius 2 is 2.07 bits per heavy atom. The van der Waals surface area contributed by atoms with E-state index in [1.54, 1.807) is 24.0 Å². The van der Waals surface area contributed by atoms with Crippen molar-refractivity contribution in [2.45, 2.75) is 26.4 Å².